The summed E-state index contributed by atoms with van der Waals surface area (Å²) in [7, 11) is 1.54. The molecule has 8 nitrogen and oxygen atoms in total. The van der Waals surface area contributed by atoms with E-state index in [9.17, 15) is 4.79 Å². The highest BCUT2D eigenvalue weighted by molar-refractivity contribution is 6.42. The van der Waals surface area contributed by atoms with Gasteiger partial charge in [0.15, 0.2) is 17.3 Å². The van der Waals surface area contributed by atoms with Crippen LogP contribution in [0.3, 0.4) is 0 Å². The van der Waals surface area contributed by atoms with Crippen molar-refractivity contribution in [3.63, 3.8) is 0 Å². The van der Waals surface area contributed by atoms with Crippen molar-refractivity contribution in [2.75, 3.05) is 7.11 Å². The fourth-order valence-electron chi connectivity index (χ4n) is 2.32. The van der Waals surface area contributed by atoms with Crippen molar-refractivity contribution in [1.82, 2.24) is 5.32 Å². The van der Waals surface area contributed by atoms with E-state index in [1.165, 1.54) is 13.3 Å². The fraction of sp³-hybridized carbons (Fsp3) is 0.105. The Morgan fingerprint density at radius 1 is 1.21 bits per heavy atom. The minimum atomic E-state index is -0.640. The van der Waals surface area contributed by atoms with Crippen molar-refractivity contribution in [3.8, 4) is 11.5 Å². The van der Waals surface area contributed by atoms with Gasteiger partial charge in [0.25, 0.3) is 0 Å². The topological polar surface area (TPSA) is 97.0 Å². The summed E-state index contributed by atoms with van der Waals surface area (Å²) < 4.78 is 11.3. The monoisotopic (exact) mass is 431 g/mol. The van der Waals surface area contributed by atoms with Crippen LogP contribution in [0.25, 0.3) is 0 Å². The summed E-state index contributed by atoms with van der Waals surface area (Å²) in [5.41, 5.74) is 1.65. The Labute approximate surface area is 176 Å². The number of methoxy groups -OCH3 is 1. The lowest BCUT2D eigenvalue weighted by Gasteiger charge is -2.13. The van der Waals surface area contributed by atoms with Gasteiger partial charge < -0.3 is 9.47 Å². The number of amidine groups is 1. The van der Waals surface area contributed by atoms with E-state index in [0.717, 1.165) is 5.56 Å². The number of hydrogen-bond donors (Lipinski definition) is 1. The largest absolute Gasteiger partial charge is 0.493 e. The maximum atomic E-state index is 11.3. The molecule has 10 heteroatoms. The normalized spacial score (nSPS) is 15.1. The van der Waals surface area contributed by atoms with Gasteiger partial charge >= 0.3 is 6.03 Å². The summed E-state index contributed by atoms with van der Waals surface area (Å²) in [6, 6.07) is 9.93. The molecule has 0 saturated carbocycles. The van der Waals surface area contributed by atoms with Crippen molar-refractivity contribution < 1.29 is 14.3 Å². The number of benzene rings is 2. The van der Waals surface area contributed by atoms with Crippen LogP contribution in [-0.4, -0.2) is 25.2 Å². The average molecular weight is 432 g/mol. The molecule has 1 heterocycles. The van der Waals surface area contributed by atoms with E-state index in [1.807, 2.05) is 6.07 Å². The first kappa shape index (κ1) is 20.5. The number of carbonyl (C=O) groups excluding carboxylic acids is 1. The van der Waals surface area contributed by atoms with Gasteiger partial charge in [-0.05, 0) is 29.8 Å². The van der Waals surface area contributed by atoms with Crippen LogP contribution in [0.15, 0.2) is 69.1 Å². The Bertz CT molecular complexity index is 1050. The van der Waals surface area contributed by atoms with E-state index < -0.39 is 6.03 Å². The van der Waals surface area contributed by atoms with E-state index in [2.05, 4.69) is 32.3 Å². The summed E-state index contributed by atoms with van der Waals surface area (Å²) in [5.74, 6) is 1.10. The van der Waals surface area contributed by atoms with Crippen LogP contribution in [0.1, 0.15) is 11.1 Å². The molecule has 29 heavy (non-hydrogen) atoms. The SMILES string of the molecule is C=C1N=NC(=O)N/C1=N/N=C/c1cccc(OC)c1OCc1ccc(Cl)c(Cl)c1. The fourth-order valence-corrected chi connectivity index (χ4v) is 2.64. The zero-order valence-corrected chi connectivity index (χ0v) is 16.7. The number of azo groups is 1. The van der Waals surface area contributed by atoms with Gasteiger partial charge in [0.1, 0.15) is 12.3 Å². The van der Waals surface area contributed by atoms with Crippen LogP contribution in [0, 0.1) is 0 Å². The maximum absolute atomic E-state index is 11.3. The molecule has 0 aliphatic carbocycles. The number of carbonyl (C=O) groups is 1. The minimum absolute atomic E-state index is 0.113. The second kappa shape index (κ2) is 9.31. The summed E-state index contributed by atoms with van der Waals surface area (Å²) >= 11 is 12.0. The number of amides is 2. The number of urea groups is 1. The molecular weight excluding hydrogens is 417 g/mol. The van der Waals surface area contributed by atoms with Gasteiger partial charge in [0.2, 0.25) is 0 Å². The van der Waals surface area contributed by atoms with Gasteiger partial charge in [-0.15, -0.1) is 10.2 Å². The van der Waals surface area contributed by atoms with E-state index in [-0.39, 0.29) is 18.1 Å². The van der Waals surface area contributed by atoms with Crippen LogP contribution in [-0.2, 0) is 6.61 Å². The number of nitrogens with one attached hydrogen (secondary N) is 1. The lowest BCUT2D eigenvalue weighted by Crippen LogP contribution is -2.31. The first-order chi connectivity index (χ1) is 14.0. The predicted molar refractivity (Wildman–Crippen MR) is 111 cm³/mol. The quantitative estimate of drug-likeness (QED) is 0.514. The molecule has 1 N–H and O–H groups in total. The summed E-state index contributed by atoms with van der Waals surface area (Å²) in [5, 5.41) is 18.1. The lowest BCUT2D eigenvalue weighted by atomic mass is 10.2. The van der Waals surface area contributed by atoms with Gasteiger partial charge in [-0.2, -0.15) is 5.10 Å². The molecule has 2 amide bonds. The highest BCUT2D eigenvalue weighted by Gasteiger charge is 2.14. The van der Waals surface area contributed by atoms with Crippen LogP contribution in [0.2, 0.25) is 10.0 Å². The van der Waals surface area contributed by atoms with Crippen LogP contribution in [0.5, 0.6) is 11.5 Å². The Morgan fingerprint density at radius 2 is 2.03 bits per heavy atom. The Morgan fingerprint density at radius 3 is 2.79 bits per heavy atom. The number of hydrogen-bond acceptors (Lipinski definition) is 6. The van der Waals surface area contributed by atoms with Gasteiger partial charge in [0, 0.05) is 5.56 Å². The van der Waals surface area contributed by atoms with Gasteiger partial charge in [-0.1, -0.05) is 47.0 Å². The Kier molecular flexibility index (Phi) is 6.58. The number of para-hydroxylation sites is 1. The van der Waals surface area contributed by atoms with E-state index in [1.54, 1.807) is 30.3 Å². The third kappa shape index (κ3) is 5.18. The zero-order chi connectivity index (χ0) is 20.8. The highest BCUT2D eigenvalue weighted by atomic mass is 35.5. The molecule has 0 bridgehead atoms. The number of nitrogens with zero attached hydrogens (tertiary/aromatic N) is 4. The van der Waals surface area contributed by atoms with Crippen molar-refractivity contribution in [1.29, 1.82) is 0 Å². The third-order valence-corrected chi connectivity index (χ3v) is 4.45. The number of ether oxygens (including phenoxy) is 2. The second-order valence-electron chi connectivity index (χ2n) is 5.69. The highest BCUT2D eigenvalue weighted by Crippen LogP contribution is 2.31. The first-order valence-electron chi connectivity index (χ1n) is 8.24. The smallest absolute Gasteiger partial charge is 0.365 e. The molecule has 0 atom stereocenters. The minimum Gasteiger partial charge on any atom is -0.493 e. The molecule has 0 unspecified atom stereocenters. The van der Waals surface area contributed by atoms with Crippen LogP contribution in [0.4, 0.5) is 4.79 Å². The van der Waals surface area contributed by atoms with Crippen LogP contribution >= 0.6 is 23.2 Å². The predicted octanol–water partition coefficient (Wildman–Crippen LogP) is 5.00. The molecular formula is C19H15Cl2N5O3. The van der Waals surface area contributed by atoms with Crippen LogP contribution < -0.4 is 14.8 Å². The molecule has 0 fully saturated rings. The Hall–Kier alpha value is -3.23. The molecule has 1 aliphatic rings. The second-order valence-corrected chi connectivity index (χ2v) is 6.50. The average Bonchev–Trinajstić information content (AvgIpc) is 2.71. The summed E-state index contributed by atoms with van der Waals surface area (Å²) in [6.45, 7) is 3.87. The third-order valence-electron chi connectivity index (χ3n) is 3.71. The summed E-state index contributed by atoms with van der Waals surface area (Å²) in [6.07, 6.45) is 1.46. The molecule has 0 aromatic heterocycles. The molecule has 0 spiro atoms. The lowest BCUT2D eigenvalue weighted by molar-refractivity contribution is 0.251. The van der Waals surface area contributed by atoms with Gasteiger partial charge in [0.05, 0.1) is 23.4 Å². The number of rotatable bonds is 6. The van der Waals surface area contributed by atoms with E-state index in [0.29, 0.717) is 27.1 Å². The van der Waals surface area contributed by atoms with Crippen molar-refractivity contribution in [3.05, 3.63) is 69.8 Å². The molecule has 2 aromatic rings. The van der Waals surface area contributed by atoms with Gasteiger partial charge in [-0.25, -0.2) is 4.79 Å². The molecule has 148 valence electrons. The van der Waals surface area contributed by atoms with E-state index >= 15 is 0 Å². The van der Waals surface area contributed by atoms with Crippen molar-refractivity contribution in [2.24, 2.45) is 20.4 Å². The molecule has 1 aliphatic heterocycles. The standard InChI is InChI=1S/C19H15Cl2N5O3/c1-11-18(23-19(27)26-24-11)25-22-9-13-4-3-5-16(28-2)17(13)29-10-12-6-7-14(20)15(21)8-12/h3-9H,1,10H2,2H3,(H,23,25,27)/b22-9+. The first-order valence-corrected chi connectivity index (χ1v) is 9.00. The Balaban J connectivity index is 1.82. The summed E-state index contributed by atoms with van der Waals surface area (Å²) in [4.78, 5) is 11.3. The molecule has 0 saturated heterocycles. The molecule has 3 rings (SSSR count). The van der Waals surface area contributed by atoms with E-state index in [4.69, 9.17) is 32.7 Å². The zero-order valence-electron chi connectivity index (χ0n) is 15.2. The maximum Gasteiger partial charge on any atom is 0.365 e. The number of halogens is 2. The van der Waals surface area contributed by atoms with Crippen molar-refractivity contribution in [2.45, 2.75) is 6.61 Å². The molecule has 0 radical (unpaired) electrons. The molecule has 2 aromatic carbocycles. The van der Waals surface area contributed by atoms with Gasteiger partial charge in [-0.3, -0.25) is 5.32 Å². The van der Waals surface area contributed by atoms with Crippen molar-refractivity contribution >= 4 is 41.3 Å².